The van der Waals surface area contributed by atoms with Crippen LogP contribution in [0.5, 0.6) is 0 Å². The Balaban J connectivity index is 4.45. The zero-order valence-corrected chi connectivity index (χ0v) is 38.7. The lowest BCUT2D eigenvalue weighted by Crippen LogP contribution is -2.39. The van der Waals surface area contributed by atoms with E-state index >= 15 is 0 Å². The summed E-state index contributed by atoms with van der Waals surface area (Å²) in [5, 5.41) is 2.71. The van der Waals surface area contributed by atoms with E-state index in [2.05, 4.69) is 67.1 Å². The first-order valence-corrected chi connectivity index (χ1v) is 24.3. The molecule has 0 saturated carbocycles. The summed E-state index contributed by atoms with van der Waals surface area (Å²) in [6, 6.07) is 0. The highest BCUT2D eigenvalue weighted by Crippen LogP contribution is 2.13. The molecule has 0 spiro atoms. The first-order valence-electron chi connectivity index (χ1n) is 24.3. The normalized spacial score (nSPS) is 12.3. The Morgan fingerprint density at radius 1 is 0.517 bits per heavy atom. The van der Waals surface area contributed by atoms with Crippen molar-refractivity contribution in [3.63, 3.8) is 0 Å². The molecule has 9 nitrogen and oxygen atoms in total. The molecule has 58 heavy (non-hydrogen) atoms. The molecule has 1 amide bonds. The zero-order valence-electron chi connectivity index (χ0n) is 38.7. The highest BCUT2D eigenvalue weighted by atomic mass is 16.6. The predicted octanol–water partition coefficient (Wildman–Crippen LogP) is 12.5. The van der Waals surface area contributed by atoms with Crippen LogP contribution in [0.4, 0.5) is 4.79 Å². The number of amides is 1. The van der Waals surface area contributed by atoms with Gasteiger partial charge >= 0.3 is 18.0 Å². The molecule has 0 aromatic heterocycles. The van der Waals surface area contributed by atoms with Crippen molar-refractivity contribution in [3.8, 4) is 0 Å². The van der Waals surface area contributed by atoms with E-state index in [-0.39, 0.29) is 31.7 Å². The van der Waals surface area contributed by atoms with Crippen molar-refractivity contribution in [1.82, 2.24) is 15.1 Å². The summed E-state index contributed by atoms with van der Waals surface area (Å²) >= 11 is 0. The fourth-order valence-electron chi connectivity index (χ4n) is 6.82. The van der Waals surface area contributed by atoms with Crippen LogP contribution in [0.25, 0.3) is 0 Å². The van der Waals surface area contributed by atoms with E-state index in [1.807, 2.05) is 7.05 Å². The number of allylic oxidation sites excluding steroid dienone is 4. The third kappa shape index (κ3) is 40.4. The van der Waals surface area contributed by atoms with Gasteiger partial charge in [0.2, 0.25) is 0 Å². The first kappa shape index (κ1) is 55.6. The SMILES string of the molecule is CCCCCCCC/C=C\CCCCCCCC(=O)OCC(CNC(=O)OCCN(C)CCN(CC)CC)OC(=O)CCCCCCC/C=C\CCCCCCCC. The second kappa shape index (κ2) is 44.2. The van der Waals surface area contributed by atoms with Gasteiger partial charge in [-0.2, -0.15) is 0 Å². The number of esters is 2. The minimum absolute atomic E-state index is 0.0232. The van der Waals surface area contributed by atoms with Crippen LogP contribution in [0.15, 0.2) is 24.3 Å². The lowest BCUT2D eigenvalue weighted by atomic mass is 10.1. The van der Waals surface area contributed by atoms with E-state index < -0.39 is 12.2 Å². The van der Waals surface area contributed by atoms with E-state index in [0.717, 1.165) is 84.0 Å². The maximum Gasteiger partial charge on any atom is 0.407 e. The molecule has 0 fully saturated rings. The minimum atomic E-state index is -0.766. The average molecular weight is 820 g/mol. The monoisotopic (exact) mass is 820 g/mol. The van der Waals surface area contributed by atoms with Crippen LogP contribution in [-0.4, -0.2) is 93.5 Å². The van der Waals surface area contributed by atoms with Crippen LogP contribution < -0.4 is 5.32 Å². The van der Waals surface area contributed by atoms with Gasteiger partial charge in [-0.3, -0.25) is 9.59 Å². The first-order chi connectivity index (χ1) is 28.4. The van der Waals surface area contributed by atoms with Gasteiger partial charge in [-0.1, -0.05) is 155 Å². The number of likely N-dealkylation sites (N-methyl/N-ethyl adjacent to an activating group) is 2. The highest BCUT2D eigenvalue weighted by molar-refractivity contribution is 5.70. The van der Waals surface area contributed by atoms with Crippen molar-refractivity contribution in [1.29, 1.82) is 0 Å². The lowest BCUT2D eigenvalue weighted by molar-refractivity contribution is -0.158. The Morgan fingerprint density at radius 2 is 0.948 bits per heavy atom. The Labute approximate surface area is 358 Å². The molecule has 0 rings (SSSR count). The zero-order chi connectivity index (χ0) is 42.6. The Bertz CT molecular complexity index is 985. The molecule has 1 atom stereocenters. The number of hydrogen-bond acceptors (Lipinski definition) is 8. The second-order valence-corrected chi connectivity index (χ2v) is 16.3. The summed E-state index contributed by atoms with van der Waals surface area (Å²) in [5.41, 5.74) is 0. The van der Waals surface area contributed by atoms with Crippen molar-refractivity contribution in [2.45, 2.75) is 214 Å². The summed E-state index contributed by atoms with van der Waals surface area (Å²) in [6.07, 6.45) is 39.7. The standard InChI is InChI=1S/C49H93N3O6/c1-6-10-12-14-16-18-20-22-24-26-28-30-32-34-36-38-47(53)57-45-46(44-50-49(55)56-43-42-51(5)40-41-52(8-3)9-4)58-48(54)39-37-35-33-31-29-27-25-23-21-19-17-15-13-11-7-2/h22-25,46H,6-21,26-45H2,1-5H3,(H,50,55)/b24-22-,25-23-. The lowest BCUT2D eigenvalue weighted by Gasteiger charge is -2.23. The van der Waals surface area contributed by atoms with E-state index in [1.54, 1.807) is 0 Å². The number of carbonyl (C=O) groups is 3. The minimum Gasteiger partial charge on any atom is -0.462 e. The largest absolute Gasteiger partial charge is 0.462 e. The molecule has 0 aromatic rings. The fourth-order valence-corrected chi connectivity index (χ4v) is 6.82. The maximum absolute atomic E-state index is 12.8. The molecule has 0 aliphatic heterocycles. The van der Waals surface area contributed by atoms with Gasteiger partial charge in [0.15, 0.2) is 6.10 Å². The van der Waals surface area contributed by atoms with Gasteiger partial charge in [-0.05, 0) is 84.3 Å². The van der Waals surface area contributed by atoms with Gasteiger partial charge < -0.3 is 29.3 Å². The molecule has 1 unspecified atom stereocenters. The van der Waals surface area contributed by atoms with Crippen LogP contribution in [0, 0.1) is 0 Å². The molecular weight excluding hydrogens is 727 g/mol. The van der Waals surface area contributed by atoms with Crippen molar-refractivity contribution in [3.05, 3.63) is 24.3 Å². The molecule has 9 heteroatoms. The number of nitrogens with one attached hydrogen (secondary N) is 1. The molecule has 0 radical (unpaired) electrons. The summed E-state index contributed by atoms with van der Waals surface area (Å²) in [7, 11) is 2.02. The Morgan fingerprint density at radius 3 is 1.41 bits per heavy atom. The number of nitrogens with zero attached hydrogens (tertiary/aromatic N) is 2. The molecule has 1 N–H and O–H groups in total. The molecule has 0 heterocycles. The summed E-state index contributed by atoms with van der Waals surface area (Å²) < 4.78 is 16.6. The molecule has 0 bridgehead atoms. The van der Waals surface area contributed by atoms with Gasteiger partial charge in [0.1, 0.15) is 13.2 Å². The van der Waals surface area contributed by atoms with E-state index in [4.69, 9.17) is 14.2 Å². The summed E-state index contributed by atoms with van der Waals surface area (Å²) in [6.45, 7) is 13.5. The Hall–Kier alpha value is -2.39. The van der Waals surface area contributed by atoms with Crippen LogP contribution in [0.2, 0.25) is 0 Å². The quantitative estimate of drug-likeness (QED) is 0.0281. The van der Waals surface area contributed by atoms with Crippen LogP contribution >= 0.6 is 0 Å². The van der Waals surface area contributed by atoms with Crippen LogP contribution in [-0.2, 0) is 23.8 Å². The number of alkyl carbamates (subject to hydrolysis) is 1. The number of ether oxygens (including phenoxy) is 3. The summed E-state index contributed by atoms with van der Waals surface area (Å²) in [5.74, 6) is -0.632. The molecule has 0 aliphatic carbocycles. The van der Waals surface area contributed by atoms with E-state index in [1.165, 1.54) is 109 Å². The maximum atomic E-state index is 12.8. The van der Waals surface area contributed by atoms with Gasteiger partial charge in [0.25, 0.3) is 0 Å². The summed E-state index contributed by atoms with van der Waals surface area (Å²) in [4.78, 5) is 42.3. The van der Waals surface area contributed by atoms with Crippen LogP contribution in [0.1, 0.15) is 207 Å². The molecular formula is C49H93N3O6. The van der Waals surface area contributed by atoms with Gasteiger partial charge in [0.05, 0.1) is 6.54 Å². The smallest absolute Gasteiger partial charge is 0.407 e. The number of unbranched alkanes of at least 4 members (excludes halogenated alkanes) is 22. The van der Waals surface area contributed by atoms with Gasteiger partial charge in [-0.25, -0.2) is 4.79 Å². The number of carbonyl (C=O) groups excluding carboxylic acids is 3. The highest BCUT2D eigenvalue weighted by Gasteiger charge is 2.19. The van der Waals surface area contributed by atoms with Crippen molar-refractivity contribution in [2.24, 2.45) is 0 Å². The van der Waals surface area contributed by atoms with Gasteiger partial charge in [0, 0.05) is 32.5 Å². The Kier molecular flexibility index (Phi) is 42.3. The van der Waals surface area contributed by atoms with Crippen molar-refractivity contribution < 1.29 is 28.6 Å². The third-order valence-electron chi connectivity index (χ3n) is 10.9. The second-order valence-electron chi connectivity index (χ2n) is 16.3. The fraction of sp³-hybridized carbons (Fsp3) is 0.857. The van der Waals surface area contributed by atoms with E-state index in [9.17, 15) is 14.4 Å². The molecule has 0 aliphatic rings. The topological polar surface area (TPSA) is 97.4 Å². The third-order valence-corrected chi connectivity index (χ3v) is 10.9. The van der Waals surface area contributed by atoms with Crippen molar-refractivity contribution in [2.75, 3.05) is 59.5 Å². The molecule has 0 saturated heterocycles. The number of rotatable bonds is 43. The van der Waals surface area contributed by atoms with E-state index in [0.29, 0.717) is 19.4 Å². The van der Waals surface area contributed by atoms with Crippen molar-refractivity contribution >= 4 is 18.0 Å². The van der Waals surface area contributed by atoms with Crippen LogP contribution in [0.3, 0.4) is 0 Å². The number of hydrogen-bond donors (Lipinski definition) is 1. The van der Waals surface area contributed by atoms with Gasteiger partial charge in [-0.15, -0.1) is 0 Å². The average Bonchev–Trinajstić information content (AvgIpc) is 3.22. The molecule has 340 valence electrons. The predicted molar refractivity (Wildman–Crippen MR) is 244 cm³/mol. The molecule has 0 aromatic carbocycles.